The fourth-order valence-electron chi connectivity index (χ4n) is 3.92. The largest absolute Gasteiger partial charge is 0.453 e. The number of fused-ring (bicyclic) bond motifs is 2. The number of furan rings is 2. The monoisotopic (exact) mass is 588 g/mol. The first kappa shape index (κ1) is 21.8. The second-order valence-corrected chi connectivity index (χ2v) is 9.74. The maximum Gasteiger partial charge on any atom is 0.248 e. The molecule has 0 unspecified atom stereocenters. The Labute approximate surface area is 215 Å². The molecular formula is C27H14Br2N2O4. The van der Waals surface area contributed by atoms with Crippen molar-refractivity contribution in [2.75, 3.05) is 0 Å². The van der Waals surface area contributed by atoms with Crippen molar-refractivity contribution >= 4 is 65.4 Å². The van der Waals surface area contributed by atoms with Crippen LogP contribution in [0.3, 0.4) is 0 Å². The minimum absolute atomic E-state index is 0.0918. The molecule has 0 aliphatic heterocycles. The minimum Gasteiger partial charge on any atom is -0.453 e. The molecule has 0 amide bonds. The van der Waals surface area contributed by atoms with Crippen molar-refractivity contribution in [2.45, 2.75) is 0 Å². The molecule has 35 heavy (non-hydrogen) atoms. The highest BCUT2D eigenvalue weighted by Gasteiger charge is 2.26. The quantitative estimate of drug-likeness (QED) is 0.196. The Bertz CT molecular complexity index is 1760. The average molecular weight is 590 g/mol. The Morgan fingerprint density at radius 3 is 1.86 bits per heavy atom. The zero-order valence-corrected chi connectivity index (χ0v) is 21.0. The molecular weight excluding hydrogens is 576 g/mol. The molecule has 0 fully saturated rings. The van der Waals surface area contributed by atoms with Crippen molar-refractivity contribution in [3.63, 3.8) is 0 Å². The van der Waals surface area contributed by atoms with Crippen LogP contribution in [0.15, 0.2) is 103 Å². The lowest BCUT2D eigenvalue weighted by Crippen LogP contribution is -2.09. The number of aromatic nitrogens is 2. The fourth-order valence-corrected chi connectivity index (χ4v) is 4.68. The summed E-state index contributed by atoms with van der Waals surface area (Å²) in [6, 6.07) is 25.0. The minimum atomic E-state index is -0.422. The Morgan fingerprint density at radius 1 is 0.686 bits per heavy atom. The number of nitrogens with zero attached hydrogens (tertiary/aromatic N) is 2. The highest BCUT2D eigenvalue weighted by Crippen LogP contribution is 2.28. The Kier molecular flexibility index (Phi) is 5.27. The van der Waals surface area contributed by atoms with E-state index in [9.17, 15) is 9.59 Å². The Balaban J connectivity index is 1.46. The van der Waals surface area contributed by atoms with Gasteiger partial charge in [-0.05, 0) is 66.7 Å². The highest BCUT2D eigenvalue weighted by molar-refractivity contribution is 9.10. The molecule has 0 bridgehead atoms. The van der Waals surface area contributed by atoms with Crippen LogP contribution in [0.25, 0.3) is 27.6 Å². The third-order valence-electron chi connectivity index (χ3n) is 5.58. The molecule has 6 rings (SSSR count). The van der Waals surface area contributed by atoms with E-state index in [0.717, 1.165) is 19.7 Å². The molecule has 3 aromatic carbocycles. The number of para-hydroxylation sites is 1. The molecule has 3 aromatic heterocycles. The van der Waals surface area contributed by atoms with Crippen molar-refractivity contribution in [3.8, 4) is 5.69 Å². The molecule has 0 radical (unpaired) electrons. The number of hydrogen-bond acceptors (Lipinski definition) is 5. The summed E-state index contributed by atoms with van der Waals surface area (Å²) in [4.78, 5) is 26.9. The van der Waals surface area contributed by atoms with Gasteiger partial charge in [0, 0.05) is 19.7 Å². The summed E-state index contributed by atoms with van der Waals surface area (Å²) in [6.45, 7) is 0. The van der Waals surface area contributed by atoms with Gasteiger partial charge in [0.1, 0.15) is 22.6 Å². The standard InChI is InChI=1S/C27H14Br2N2O4/c28-17-6-8-22-15(10-17)12-24(34-22)26(32)20-14-21(31(30-20)19-4-2-1-3-5-19)27(33)25-13-16-11-18(29)7-9-23(16)35-25/h1-14H. The van der Waals surface area contributed by atoms with E-state index >= 15 is 0 Å². The molecule has 0 spiro atoms. The smallest absolute Gasteiger partial charge is 0.248 e. The fraction of sp³-hybridized carbons (Fsp3) is 0. The lowest BCUT2D eigenvalue weighted by molar-refractivity contribution is 0.0999. The molecule has 0 aliphatic carbocycles. The summed E-state index contributed by atoms with van der Waals surface area (Å²) in [5.41, 5.74) is 2.11. The van der Waals surface area contributed by atoms with Gasteiger partial charge in [0.2, 0.25) is 11.6 Å². The SMILES string of the molecule is O=C(c1cc(C(=O)c2cc3cc(Br)ccc3o2)n(-c2ccccc2)n1)c1cc2cc(Br)ccc2o1. The van der Waals surface area contributed by atoms with E-state index in [1.807, 2.05) is 54.6 Å². The summed E-state index contributed by atoms with van der Waals surface area (Å²) in [7, 11) is 0. The van der Waals surface area contributed by atoms with Gasteiger partial charge in [0.25, 0.3) is 0 Å². The van der Waals surface area contributed by atoms with Gasteiger partial charge in [0.15, 0.2) is 11.5 Å². The first-order chi connectivity index (χ1) is 17.0. The van der Waals surface area contributed by atoms with Crippen LogP contribution < -0.4 is 0 Å². The van der Waals surface area contributed by atoms with Crippen molar-refractivity contribution in [1.82, 2.24) is 9.78 Å². The van der Waals surface area contributed by atoms with E-state index in [4.69, 9.17) is 8.83 Å². The van der Waals surface area contributed by atoms with Crippen LogP contribution in [0.2, 0.25) is 0 Å². The van der Waals surface area contributed by atoms with E-state index in [1.165, 1.54) is 10.7 Å². The molecule has 0 saturated heterocycles. The molecule has 0 aliphatic rings. The second kappa shape index (κ2) is 8.48. The maximum atomic E-state index is 13.5. The first-order valence-corrected chi connectivity index (χ1v) is 12.2. The molecule has 170 valence electrons. The predicted molar refractivity (Wildman–Crippen MR) is 138 cm³/mol. The topological polar surface area (TPSA) is 78.2 Å². The zero-order valence-electron chi connectivity index (χ0n) is 17.9. The molecule has 0 saturated carbocycles. The van der Waals surface area contributed by atoms with E-state index in [-0.39, 0.29) is 28.7 Å². The van der Waals surface area contributed by atoms with Crippen molar-refractivity contribution < 1.29 is 18.4 Å². The molecule has 3 heterocycles. The summed E-state index contributed by atoms with van der Waals surface area (Å²) in [5, 5.41) is 6.06. The van der Waals surface area contributed by atoms with Crippen LogP contribution in [0, 0.1) is 0 Å². The number of ketones is 2. The summed E-state index contributed by atoms with van der Waals surface area (Å²) in [6.07, 6.45) is 0. The number of carbonyl (C=O) groups excluding carboxylic acids is 2. The van der Waals surface area contributed by atoms with Gasteiger partial charge in [0.05, 0.1) is 5.69 Å². The third-order valence-corrected chi connectivity index (χ3v) is 6.57. The normalized spacial score (nSPS) is 11.4. The van der Waals surface area contributed by atoms with Gasteiger partial charge in [-0.15, -0.1) is 0 Å². The third kappa shape index (κ3) is 3.94. The van der Waals surface area contributed by atoms with Crippen LogP contribution in [0.4, 0.5) is 0 Å². The zero-order chi connectivity index (χ0) is 24.1. The Hall–Kier alpha value is -3.75. The number of rotatable bonds is 5. The maximum absolute atomic E-state index is 13.5. The van der Waals surface area contributed by atoms with Gasteiger partial charge in [-0.3, -0.25) is 9.59 Å². The number of hydrogen-bond donors (Lipinski definition) is 0. The van der Waals surface area contributed by atoms with Crippen LogP contribution in [-0.4, -0.2) is 21.3 Å². The van der Waals surface area contributed by atoms with Crippen LogP contribution in [0.1, 0.15) is 32.5 Å². The van der Waals surface area contributed by atoms with Crippen LogP contribution in [-0.2, 0) is 0 Å². The second-order valence-electron chi connectivity index (χ2n) is 7.91. The summed E-state index contributed by atoms with van der Waals surface area (Å²) < 4.78 is 14.8. The summed E-state index contributed by atoms with van der Waals surface area (Å²) >= 11 is 6.86. The number of halogens is 2. The van der Waals surface area contributed by atoms with Crippen molar-refractivity contribution in [1.29, 1.82) is 0 Å². The molecule has 6 nitrogen and oxygen atoms in total. The molecule has 0 N–H and O–H groups in total. The summed E-state index contributed by atoms with van der Waals surface area (Å²) in [5.74, 6) is -0.512. The van der Waals surface area contributed by atoms with Crippen molar-refractivity contribution in [2.24, 2.45) is 0 Å². The molecule has 6 aromatic rings. The van der Waals surface area contributed by atoms with Gasteiger partial charge < -0.3 is 8.83 Å². The lowest BCUT2D eigenvalue weighted by atomic mass is 10.1. The van der Waals surface area contributed by atoms with Gasteiger partial charge in [-0.1, -0.05) is 50.1 Å². The van der Waals surface area contributed by atoms with E-state index in [1.54, 1.807) is 24.3 Å². The van der Waals surface area contributed by atoms with Gasteiger partial charge in [-0.2, -0.15) is 5.10 Å². The van der Waals surface area contributed by atoms with E-state index in [2.05, 4.69) is 37.0 Å². The highest BCUT2D eigenvalue weighted by atomic mass is 79.9. The van der Waals surface area contributed by atoms with Crippen molar-refractivity contribution in [3.05, 3.63) is 117 Å². The van der Waals surface area contributed by atoms with Crippen LogP contribution in [0.5, 0.6) is 0 Å². The van der Waals surface area contributed by atoms with Crippen LogP contribution >= 0.6 is 31.9 Å². The van der Waals surface area contributed by atoms with Gasteiger partial charge in [-0.25, -0.2) is 4.68 Å². The predicted octanol–water partition coefficient (Wildman–Crippen LogP) is 7.35. The lowest BCUT2D eigenvalue weighted by Gasteiger charge is -2.05. The van der Waals surface area contributed by atoms with Gasteiger partial charge >= 0.3 is 0 Å². The van der Waals surface area contributed by atoms with E-state index < -0.39 is 5.78 Å². The Morgan fingerprint density at radius 2 is 1.26 bits per heavy atom. The molecule has 8 heteroatoms. The first-order valence-electron chi connectivity index (χ1n) is 10.6. The number of carbonyl (C=O) groups is 2. The van der Waals surface area contributed by atoms with E-state index in [0.29, 0.717) is 16.9 Å². The average Bonchev–Trinajstić information content (AvgIpc) is 3.59. The molecule has 0 atom stereocenters. The number of benzene rings is 3.